The third-order valence-corrected chi connectivity index (χ3v) is 13.7. The van der Waals surface area contributed by atoms with Crippen molar-refractivity contribution in [2.45, 2.75) is 341 Å². The summed E-state index contributed by atoms with van der Waals surface area (Å²) >= 11 is 0. The normalized spacial score (nSPS) is 12.1. The molecule has 0 amide bonds. The molecule has 0 bridgehead atoms. The summed E-state index contributed by atoms with van der Waals surface area (Å²) in [5.74, 6) is -0.866. The number of esters is 3. The van der Waals surface area contributed by atoms with E-state index in [0.29, 0.717) is 19.3 Å². The lowest BCUT2D eigenvalue weighted by Crippen LogP contribution is -2.30. The van der Waals surface area contributed by atoms with Crippen molar-refractivity contribution in [3.8, 4) is 0 Å². The molecule has 400 valence electrons. The van der Waals surface area contributed by atoms with E-state index in [1.54, 1.807) is 0 Å². The molecule has 0 spiro atoms. The van der Waals surface area contributed by atoms with E-state index in [9.17, 15) is 14.4 Å². The molecule has 0 aliphatic heterocycles. The van der Waals surface area contributed by atoms with Crippen molar-refractivity contribution in [2.75, 3.05) is 13.2 Å². The van der Waals surface area contributed by atoms with Gasteiger partial charge in [0, 0.05) is 19.3 Å². The van der Waals surface area contributed by atoms with Crippen LogP contribution in [0, 0.1) is 0 Å². The lowest BCUT2D eigenvalue weighted by Gasteiger charge is -2.18. The van der Waals surface area contributed by atoms with Gasteiger partial charge in [0.1, 0.15) is 13.2 Å². The van der Waals surface area contributed by atoms with Gasteiger partial charge in [0.25, 0.3) is 0 Å². The van der Waals surface area contributed by atoms with Crippen LogP contribution < -0.4 is 0 Å². The maximum absolute atomic E-state index is 12.8. The second kappa shape index (κ2) is 57.5. The van der Waals surface area contributed by atoms with Crippen LogP contribution in [-0.4, -0.2) is 37.2 Å². The zero-order valence-electron chi connectivity index (χ0n) is 45.9. The standard InChI is InChI=1S/C62H116O6/c1-4-7-10-13-16-19-22-24-26-28-29-30-31-32-33-34-35-37-38-40-43-46-49-52-55-61(64)67-58-59(57-66-60(63)54-51-48-45-42-21-18-15-12-9-6-3)68-62(65)56-53-50-47-44-41-39-36-27-25-23-20-17-14-11-8-5-2/h20,23,27,36,59H,4-19,21-22,24-26,28-35,37-58H2,1-3H3/b23-20-,36-27-. The Bertz CT molecular complexity index is 1100. The number of hydrogen-bond donors (Lipinski definition) is 0. The van der Waals surface area contributed by atoms with Crippen LogP contribution in [0.5, 0.6) is 0 Å². The zero-order chi connectivity index (χ0) is 49.3. The van der Waals surface area contributed by atoms with Crippen LogP contribution in [-0.2, 0) is 28.6 Å². The largest absolute Gasteiger partial charge is 0.462 e. The topological polar surface area (TPSA) is 78.9 Å². The van der Waals surface area contributed by atoms with E-state index in [0.717, 1.165) is 77.0 Å². The lowest BCUT2D eigenvalue weighted by atomic mass is 10.0. The number of ether oxygens (including phenoxy) is 3. The zero-order valence-corrected chi connectivity index (χ0v) is 45.9. The van der Waals surface area contributed by atoms with E-state index in [2.05, 4.69) is 45.1 Å². The van der Waals surface area contributed by atoms with E-state index < -0.39 is 6.10 Å². The van der Waals surface area contributed by atoms with Gasteiger partial charge in [-0.1, -0.05) is 289 Å². The van der Waals surface area contributed by atoms with Crippen LogP contribution in [0.2, 0.25) is 0 Å². The quantitative estimate of drug-likeness (QED) is 0.0262. The molecule has 1 atom stereocenters. The second-order valence-electron chi connectivity index (χ2n) is 20.6. The molecular weight excluding hydrogens is 841 g/mol. The van der Waals surface area contributed by atoms with E-state index in [1.165, 1.54) is 218 Å². The van der Waals surface area contributed by atoms with Crippen LogP contribution in [0.4, 0.5) is 0 Å². The Morgan fingerprint density at radius 3 is 0.824 bits per heavy atom. The Balaban J connectivity index is 4.19. The first kappa shape index (κ1) is 65.9. The maximum Gasteiger partial charge on any atom is 0.306 e. The fourth-order valence-electron chi connectivity index (χ4n) is 9.12. The molecule has 0 aromatic carbocycles. The molecule has 0 saturated heterocycles. The fraction of sp³-hybridized carbons (Fsp3) is 0.887. The van der Waals surface area contributed by atoms with Crippen molar-refractivity contribution in [3.05, 3.63) is 24.3 Å². The highest BCUT2D eigenvalue weighted by Crippen LogP contribution is 2.17. The van der Waals surface area contributed by atoms with Crippen LogP contribution in [0.3, 0.4) is 0 Å². The van der Waals surface area contributed by atoms with Gasteiger partial charge in [-0.05, 0) is 51.4 Å². The highest BCUT2D eigenvalue weighted by atomic mass is 16.6. The third kappa shape index (κ3) is 54.8. The van der Waals surface area contributed by atoms with E-state index >= 15 is 0 Å². The van der Waals surface area contributed by atoms with Crippen LogP contribution >= 0.6 is 0 Å². The fourth-order valence-corrected chi connectivity index (χ4v) is 9.12. The molecule has 6 nitrogen and oxygen atoms in total. The highest BCUT2D eigenvalue weighted by Gasteiger charge is 2.19. The maximum atomic E-state index is 12.8. The number of carbonyl (C=O) groups excluding carboxylic acids is 3. The van der Waals surface area contributed by atoms with Crippen LogP contribution in [0.25, 0.3) is 0 Å². The SMILES string of the molecule is CCCCCC/C=C\C/C=C\CCCCCCCC(=O)OC(COC(=O)CCCCCCCCCCCC)COC(=O)CCCCCCCCCCCCCCCCCCCCCCCCCC. The predicted octanol–water partition coefficient (Wildman–Crippen LogP) is 20.3. The number of unbranched alkanes of at least 4 members (excludes halogenated alkanes) is 41. The third-order valence-electron chi connectivity index (χ3n) is 13.7. The van der Waals surface area contributed by atoms with Crippen molar-refractivity contribution in [1.82, 2.24) is 0 Å². The molecule has 0 aromatic rings. The monoisotopic (exact) mass is 957 g/mol. The minimum atomic E-state index is -0.773. The summed E-state index contributed by atoms with van der Waals surface area (Å²) in [6.07, 6.45) is 67.6. The summed E-state index contributed by atoms with van der Waals surface area (Å²) in [4.78, 5) is 38.1. The van der Waals surface area contributed by atoms with Crippen molar-refractivity contribution < 1.29 is 28.6 Å². The molecule has 0 saturated carbocycles. The van der Waals surface area contributed by atoms with Gasteiger partial charge in [-0.25, -0.2) is 0 Å². The summed E-state index contributed by atoms with van der Waals surface area (Å²) in [7, 11) is 0. The molecule has 0 radical (unpaired) electrons. The first-order chi connectivity index (χ1) is 33.5. The smallest absolute Gasteiger partial charge is 0.306 e. The Morgan fingerprint density at radius 1 is 0.294 bits per heavy atom. The molecule has 0 aliphatic rings. The van der Waals surface area contributed by atoms with E-state index in [-0.39, 0.29) is 31.1 Å². The first-order valence-electron chi connectivity index (χ1n) is 30.3. The van der Waals surface area contributed by atoms with Gasteiger partial charge < -0.3 is 14.2 Å². The van der Waals surface area contributed by atoms with Crippen LogP contribution in [0.15, 0.2) is 24.3 Å². The molecule has 6 heteroatoms. The van der Waals surface area contributed by atoms with Crippen molar-refractivity contribution in [2.24, 2.45) is 0 Å². The van der Waals surface area contributed by atoms with Crippen molar-refractivity contribution in [1.29, 1.82) is 0 Å². The van der Waals surface area contributed by atoms with Crippen molar-refractivity contribution in [3.63, 3.8) is 0 Å². The minimum absolute atomic E-state index is 0.0716. The number of rotatable bonds is 56. The molecule has 0 heterocycles. The Hall–Kier alpha value is -2.11. The lowest BCUT2D eigenvalue weighted by molar-refractivity contribution is -0.167. The van der Waals surface area contributed by atoms with Gasteiger partial charge in [0.15, 0.2) is 6.10 Å². The molecule has 68 heavy (non-hydrogen) atoms. The molecule has 0 aliphatic carbocycles. The molecule has 0 N–H and O–H groups in total. The van der Waals surface area contributed by atoms with E-state index in [4.69, 9.17) is 14.2 Å². The van der Waals surface area contributed by atoms with Crippen LogP contribution in [0.1, 0.15) is 335 Å². The minimum Gasteiger partial charge on any atom is -0.462 e. The first-order valence-corrected chi connectivity index (χ1v) is 30.3. The Labute approximate surface area is 423 Å². The molecule has 0 fully saturated rings. The molecular formula is C62H116O6. The summed E-state index contributed by atoms with van der Waals surface area (Å²) in [5, 5.41) is 0. The van der Waals surface area contributed by atoms with Gasteiger partial charge in [0.2, 0.25) is 0 Å². The number of hydrogen-bond acceptors (Lipinski definition) is 6. The van der Waals surface area contributed by atoms with E-state index in [1.807, 2.05) is 0 Å². The number of carbonyl (C=O) groups is 3. The predicted molar refractivity (Wildman–Crippen MR) is 293 cm³/mol. The van der Waals surface area contributed by atoms with Gasteiger partial charge in [0.05, 0.1) is 0 Å². The second-order valence-corrected chi connectivity index (χ2v) is 20.6. The summed E-state index contributed by atoms with van der Waals surface area (Å²) in [6, 6.07) is 0. The van der Waals surface area contributed by atoms with Crippen molar-refractivity contribution >= 4 is 17.9 Å². The Kier molecular flexibility index (Phi) is 55.7. The number of allylic oxidation sites excluding steroid dienone is 4. The average Bonchev–Trinajstić information content (AvgIpc) is 3.34. The average molecular weight is 958 g/mol. The van der Waals surface area contributed by atoms with Gasteiger partial charge in [-0.3, -0.25) is 14.4 Å². The van der Waals surface area contributed by atoms with Gasteiger partial charge in [-0.2, -0.15) is 0 Å². The summed E-state index contributed by atoms with van der Waals surface area (Å²) < 4.78 is 16.9. The molecule has 1 unspecified atom stereocenters. The summed E-state index contributed by atoms with van der Waals surface area (Å²) in [6.45, 7) is 6.65. The summed E-state index contributed by atoms with van der Waals surface area (Å²) in [5.41, 5.74) is 0. The van der Waals surface area contributed by atoms with Gasteiger partial charge >= 0.3 is 17.9 Å². The molecule has 0 aromatic heterocycles. The highest BCUT2D eigenvalue weighted by molar-refractivity contribution is 5.71. The molecule has 0 rings (SSSR count). The Morgan fingerprint density at radius 2 is 0.529 bits per heavy atom. The van der Waals surface area contributed by atoms with Gasteiger partial charge in [-0.15, -0.1) is 0 Å².